The zero-order valence-electron chi connectivity index (χ0n) is 9.27. The van der Waals surface area contributed by atoms with Gasteiger partial charge >= 0.3 is 5.97 Å². The van der Waals surface area contributed by atoms with Gasteiger partial charge in [-0.25, -0.2) is 0 Å². The number of nitrogens with zero attached hydrogens (tertiary/aromatic N) is 1. The Hall–Kier alpha value is -1.03. The van der Waals surface area contributed by atoms with E-state index in [4.69, 9.17) is 0 Å². The first-order valence-corrected chi connectivity index (χ1v) is 6.05. The van der Waals surface area contributed by atoms with E-state index in [-0.39, 0.29) is 6.04 Å². The second-order valence-corrected chi connectivity index (χ2v) is 5.21. The van der Waals surface area contributed by atoms with Crippen molar-refractivity contribution in [1.29, 1.82) is 0 Å². The molecule has 0 aliphatic carbocycles. The highest BCUT2D eigenvalue weighted by Gasteiger charge is 2.32. The lowest BCUT2D eigenvalue weighted by Crippen LogP contribution is -2.37. The predicted molar refractivity (Wildman–Crippen MR) is 67.0 cm³/mol. The highest BCUT2D eigenvalue weighted by atomic mass is 79.9. The zero-order valence-corrected chi connectivity index (χ0v) is 10.9. The third kappa shape index (κ3) is 1.82. The number of fused-ring (bicyclic) bond motifs is 1. The second kappa shape index (κ2) is 4.09. The first kappa shape index (κ1) is 11.5. The number of halogens is 1. The molecule has 0 saturated heterocycles. The second-order valence-electron chi connectivity index (χ2n) is 4.29. The molecule has 1 heterocycles. The maximum Gasteiger partial charge on any atom is 0.311 e. The number of carbonyl (C=O) groups is 1. The number of anilines is 1. The molecule has 0 spiro atoms. The van der Waals surface area contributed by atoms with Crippen molar-refractivity contribution in [2.24, 2.45) is 0 Å². The largest absolute Gasteiger partial charge is 0.481 e. The van der Waals surface area contributed by atoms with Gasteiger partial charge in [-0.1, -0.05) is 15.9 Å². The van der Waals surface area contributed by atoms with Crippen LogP contribution in [0.4, 0.5) is 5.69 Å². The minimum atomic E-state index is -0.737. The number of carboxylic acids is 1. The lowest BCUT2D eigenvalue weighted by atomic mass is 9.86. The minimum Gasteiger partial charge on any atom is -0.481 e. The van der Waals surface area contributed by atoms with Crippen molar-refractivity contribution in [3.05, 3.63) is 28.2 Å². The summed E-state index contributed by atoms with van der Waals surface area (Å²) in [6.07, 6.45) is 0.662. The van der Waals surface area contributed by atoms with E-state index in [1.165, 1.54) is 0 Å². The first-order valence-electron chi connectivity index (χ1n) is 5.25. The van der Waals surface area contributed by atoms with E-state index in [1.807, 2.05) is 25.2 Å². The normalized spacial score (nSPS) is 24.1. The molecule has 1 aromatic rings. The van der Waals surface area contributed by atoms with Crippen LogP contribution < -0.4 is 4.90 Å². The van der Waals surface area contributed by atoms with Crippen LogP contribution in [0, 0.1) is 0 Å². The Labute approximate surface area is 103 Å². The molecule has 0 radical (unpaired) electrons. The van der Waals surface area contributed by atoms with Gasteiger partial charge in [-0.05, 0) is 37.1 Å². The summed E-state index contributed by atoms with van der Waals surface area (Å²) in [6.45, 7) is 2.06. The molecule has 1 aromatic carbocycles. The predicted octanol–water partition coefficient (Wildman–Crippen LogP) is 2.85. The maximum absolute atomic E-state index is 11.2. The molecule has 4 heteroatoms. The SMILES string of the molecule is C[C@H]1C[C@H](C(=O)O)c2cc(Br)ccc2N1C. The Morgan fingerprint density at radius 3 is 2.88 bits per heavy atom. The molecule has 86 valence electrons. The summed E-state index contributed by atoms with van der Waals surface area (Å²) in [5.41, 5.74) is 1.93. The lowest BCUT2D eigenvalue weighted by molar-refractivity contribution is -0.139. The van der Waals surface area contributed by atoms with E-state index in [0.717, 1.165) is 15.7 Å². The summed E-state index contributed by atoms with van der Waals surface area (Å²) >= 11 is 3.39. The van der Waals surface area contributed by atoms with Crippen LogP contribution in [0.3, 0.4) is 0 Å². The van der Waals surface area contributed by atoms with Crippen molar-refractivity contribution in [2.75, 3.05) is 11.9 Å². The van der Waals surface area contributed by atoms with Gasteiger partial charge in [-0.3, -0.25) is 4.79 Å². The summed E-state index contributed by atoms with van der Waals surface area (Å²) < 4.78 is 0.931. The van der Waals surface area contributed by atoms with Crippen LogP contribution in [0.25, 0.3) is 0 Å². The van der Waals surface area contributed by atoms with Gasteiger partial charge in [0.2, 0.25) is 0 Å². The van der Waals surface area contributed by atoms with Crippen LogP contribution >= 0.6 is 15.9 Å². The maximum atomic E-state index is 11.2. The first-order chi connectivity index (χ1) is 7.50. The van der Waals surface area contributed by atoms with Gasteiger partial charge in [0.25, 0.3) is 0 Å². The summed E-state index contributed by atoms with van der Waals surface area (Å²) in [7, 11) is 2.01. The van der Waals surface area contributed by atoms with Crippen molar-refractivity contribution in [2.45, 2.75) is 25.3 Å². The van der Waals surface area contributed by atoms with Crippen molar-refractivity contribution in [1.82, 2.24) is 0 Å². The van der Waals surface area contributed by atoms with Gasteiger partial charge in [0.05, 0.1) is 5.92 Å². The van der Waals surface area contributed by atoms with Crippen LogP contribution in [0.1, 0.15) is 24.8 Å². The van der Waals surface area contributed by atoms with Crippen LogP contribution in [-0.2, 0) is 4.79 Å². The molecule has 1 aliphatic heterocycles. The van der Waals surface area contributed by atoms with Gasteiger partial charge in [-0.15, -0.1) is 0 Å². The molecule has 1 aliphatic rings. The Bertz CT molecular complexity index is 433. The van der Waals surface area contributed by atoms with Crippen LogP contribution in [0.5, 0.6) is 0 Å². The smallest absolute Gasteiger partial charge is 0.311 e. The Balaban J connectivity index is 2.54. The fraction of sp³-hybridized carbons (Fsp3) is 0.417. The van der Waals surface area contributed by atoms with Gasteiger partial charge in [0, 0.05) is 23.2 Å². The molecule has 0 aromatic heterocycles. The molecule has 16 heavy (non-hydrogen) atoms. The molecule has 0 fully saturated rings. The average Bonchev–Trinajstić information content (AvgIpc) is 2.22. The fourth-order valence-corrected chi connectivity index (χ4v) is 2.60. The summed E-state index contributed by atoms with van der Waals surface area (Å²) in [6, 6.07) is 6.10. The number of benzene rings is 1. The van der Waals surface area contributed by atoms with E-state index in [0.29, 0.717) is 6.42 Å². The molecule has 0 unspecified atom stereocenters. The summed E-state index contributed by atoms with van der Waals surface area (Å²) in [5.74, 6) is -1.13. The molecule has 0 saturated carbocycles. The molecule has 2 atom stereocenters. The number of hydrogen-bond acceptors (Lipinski definition) is 2. The van der Waals surface area contributed by atoms with E-state index in [9.17, 15) is 9.90 Å². The molecule has 1 N–H and O–H groups in total. The van der Waals surface area contributed by atoms with Crippen LogP contribution in [0.2, 0.25) is 0 Å². The molecule has 3 nitrogen and oxygen atoms in total. The number of hydrogen-bond donors (Lipinski definition) is 1. The highest BCUT2D eigenvalue weighted by molar-refractivity contribution is 9.10. The zero-order chi connectivity index (χ0) is 11.9. The highest BCUT2D eigenvalue weighted by Crippen LogP contribution is 2.39. The number of rotatable bonds is 1. The van der Waals surface area contributed by atoms with Gasteiger partial charge in [0.15, 0.2) is 0 Å². The van der Waals surface area contributed by atoms with Gasteiger partial charge in [0.1, 0.15) is 0 Å². The van der Waals surface area contributed by atoms with E-state index >= 15 is 0 Å². The molecule has 0 bridgehead atoms. The van der Waals surface area contributed by atoms with E-state index < -0.39 is 11.9 Å². The Kier molecular flexibility index (Phi) is 2.93. The summed E-state index contributed by atoms with van der Waals surface area (Å²) in [5, 5.41) is 9.25. The third-order valence-electron chi connectivity index (χ3n) is 3.28. The van der Waals surface area contributed by atoms with Gasteiger partial charge in [-0.2, -0.15) is 0 Å². The Morgan fingerprint density at radius 1 is 1.56 bits per heavy atom. The average molecular weight is 284 g/mol. The van der Waals surface area contributed by atoms with Gasteiger partial charge < -0.3 is 10.0 Å². The van der Waals surface area contributed by atoms with E-state index in [1.54, 1.807) is 0 Å². The van der Waals surface area contributed by atoms with Crippen molar-refractivity contribution >= 4 is 27.6 Å². The van der Waals surface area contributed by atoms with Crippen molar-refractivity contribution < 1.29 is 9.90 Å². The number of carboxylic acid groups (broad SMARTS) is 1. The summed E-state index contributed by atoms with van der Waals surface area (Å²) in [4.78, 5) is 13.4. The minimum absolute atomic E-state index is 0.259. The quantitative estimate of drug-likeness (QED) is 0.862. The molecular formula is C12H14BrNO2. The lowest BCUT2D eigenvalue weighted by Gasteiger charge is -2.37. The van der Waals surface area contributed by atoms with Crippen molar-refractivity contribution in [3.63, 3.8) is 0 Å². The van der Waals surface area contributed by atoms with E-state index in [2.05, 4.69) is 27.8 Å². The fourth-order valence-electron chi connectivity index (χ4n) is 2.22. The molecule has 0 amide bonds. The monoisotopic (exact) mass is 283 g/mol. The third-order valence-corrected chi connectivity index (χ3v) is 3.77. The molecular weight excluding hydrogens is 270 g/mol. The van der Waals surface area contributed by atoms with Crippen LogP contribution in [0.15, 0.2) is 22.7 Å². The standard InChI is InChI=1S/C12H14BrNO2/c1-7-5-10(12(15)16)9-6-8(13)3-4-11(9)14(7)2/h3-4,6-7,10H,5H2,1-2H3,(H,15,16)/t7-,10-/m0/s1. The van der Waals surface area contributed by atoms with Crippen LogP contribution in [-0.4, -0.2) is 24.2 Å². The topological polar surface area (TPSA) is 40.5 Å². The Morgan fingerprint density at radius 2 is 2.25 bits per heavy atom. The van der Waals surface area contributed by atoms with Crippen molar-refractivity contribution in [3.8, 4) is 0 Å². The number of aliphatic carboxylic acids is 1. The molecule has 2 rings (SSSR count).